The highest BCUT2D eigenvalue weighted by atomic mass is 35.5. The number of fused-ring (bicyclic) bond motifs is 2. The minimum atomic E-state index is 0.622. The molecule has 0 aromatic heterocycles. The van der Waals surface area contributed by atoms with E-state index >= 15 is 0 Å². The molecule has 4 atom stereocenters. The zero-order chi connectivity index (χ0) is 12.5. The minimum Gasteiger partial charge on any atom is -0.310 e. The van der Waals surface area contributed by atoms with Crippen LogP contribution >= 0.6 is 11.6 Å². The van der Waals surface area contributed by atoms with Crippen molar-refractivity contribution in [2.75, 3.05) is 0 Å². The summed E-state index contributed by atoms with van der Waals surface area (Å²) in [6.07, 6.45) is 5.88. The molecule has 2 aliphatic rings. The Morgan fingerprint density at radius 1 is 1.28 bits per heavy atom. The Morgan fingerprint density at radius 3 is 2.78 bits per heavy atom. The van der Waals surface area contributed by atoms with Crippen LogP contribution in [0.15, 0.2) is 24.3 Å². The number of hydrogen-bond donors (Lipinski definition) is 1. The SMILES string of the molecule is C[C@H](NCc1ccccc1Cl)[C@H]1C[C@@H]2CC[C@@H]1C2. The fourth-order valence-electron chi connectivity index (χ4n) is 3.97. The van der Waals surface area contributed by atoms with Gasteiger partial charge in [0.2, 0.25) is 0 Å². The van der Waals surface area contributed by atoms with Crippen LogP contribution in [0.4, 0.5) is 0 Å². The first-order chi connectivity index (χ1) is 8.74. The molecule has 0 radical (unpaired) electrons. The van der Waals surface area contributed by atoms with Crippen molar-refractivity contribution in [2.24, 2.45) is 17.8 Å². The van der Waals surface area contributed by atoms with E-state index in [1.54, 1.807) is 0 Å². The predicted molar refractivity (Wildman–Crippen MR) is 76.7 cm³/mol. The maximum absolute atomic E-state index is 6.19. The van der Waals surface area contributed by atoms with E-state index in [1.165, 1.54) is 31.2 Å². The summed E-state index contributed by atoms with van der Waals surface area (Å²) in [5, 5.41) is 4.56. The van der Waals surface area contributed by atoms with Gasteiger partial charge in [-0.1, -0.05) is 36.2 Å². The highest BCUT2D eigenvalue weighted by molar-refractivity contribution is 6.31. The van der Waals surface area contributed by atoms with Gasteiger partial charge in [-0.3, -0.25) is 0 Å². The summed E-state index contributed by atoms with van der Waals surface area (Å²) in [6, 6.07) is 8.76. The van der Waals surface area contributed by atoms with Crippen LogP contribution in [0.3, 0.4) is 0 Å². The third-order valence-electron chi connectivity index (χ3n) is 5.01. The van der Waals surface area contributed by atoms with E-state index in [9.17, 15) is 0 Å². The summed E-state index contributed by atoms with van der Waals surface area (Å²) >= 11 is 6.19. The normalized spacial score (nSPS) is 31.8. The number of rotatable bonds is 4. The molecule has 0 aliphatic heterocycles. The van der Waals surface area contributed by atoms with E-state index < -0.39 is 0 Å². The molecule has 0 saturated heterocycles. The van der Waals surface area contributed by atoms with Crippen molar-refractivity contribution in [3.05, 3.63) is 34.9 Å². The largest absolute Gasteiger partial charge is 0.310 e. The van der Waals surface area contributed by atoms with Crippen molar-refractivity contribution >= 4 is 11.6 Å². The second kappa shape index (κ2) is 5.22. The molecular weight excluding hydrogens is 242 g/mol. The van der Waals surface area contributed by atoms with Gasteiger partial charge in [-0.2, -0.15) is 0 Å². The molecule has 3 rings (SSSR count). The maximum atomic E-state index is 6.19. The summed E-state index contributed by atoms with van der Waals surface area (Å²) in [5.74, 6) is 2.92. The molecule has 0 unspecified atom stereocenters. The lowest BCUT2D eigenvalue weighted by Gasteiger charge is -2.28. The average molecular weight is 264 g/mol. The number of benzene rings is 1. The Bertz CT molecular complexity index is 417. The second-order valence-corrected chi connectivity index (χ2v) is 6.51. The third kappa shape index (κ3) is 2.44. The molecule has 1 aromatic rings. The van der Waals surface area contributed by atoms with E-state index in [1.807, 2.05) is 12.1 Å². The van der Waals surface area contributed by atoms with Crippen LogP contribution in [0.1, 0.15) is 38.2 Å². The van der Waals surface area contributed by atoms with Crippen molar-refractivity contribution in [3.63, 3.8) is 0 Å². The first-order valence-electron chi connectivity index (χ1n) is 7.21. The Morgan fingerprint density at radius 2 is 2.11 bits per heavy atom. The van der Waals surface area contributed by atoms with Crippen molar-refractivity contribution in [1.29, 1.82) is 0 Å². The molecule has 98 valence electrons. The predicted octanol–water partition coefficient (Wildman–Crippen LogP) is 4.25. The zero-order valence-corrected chi connectivity index (χ0v) is 11.8. The van der Waals surface area contributed by atoms with Crippen LogP contribution in [-0.2, 0) is 6.54 Å². The van der Waals surface area contributed by atoms with Crippen molar-refractivity contribution in [1.82, 2.24) is 5.32 Å². The number of hydrogen-bond acceptors (Lipinski definition) is 1. The van der Waals surface area contributed by atoms with E-state index in [-0.39, 0.29) is 0 Å². The zero-order valence-electron chi connectivity index (χ0n) is 11.0. The molecule has 2 aliphatic carbocycles. The van der Waals surface area contributed by atoms with Gasteiger partial charge in [-0.05, 0) is 55.6 Å². The molecule has 2 saturated carbocycles. The van der Waals surface area contributed by atoms with E-state index in [2.05, 4.69) is 24.4 Å². The van der Waals surface area contributed by atoms with Gasteiger partial charge in [0.05, 0.1) is 0 Å². The lowest BCUT2D eigenvalue weighted by Crippen LogP contribution is -2.35. The van der Waals surface area contributed by atoms with Gasteiger partial charge in [0.25, 0.3) is 0 Å². The summed E-state index contributed by atoms with van der Waals surface area (Å²) in [4.78, 5) is 0. The number of halogens is 1. The Hall–Kier alpha value is -0.530. The van der Waals surface area contributed by atoms with Crippen molar-refractivity contribution in [2.45, 2.75) is 45.2 Å². The fraction of sp³-hybridized carbons (Fsp3) is 0.625. The molecule has 1 N–H and O–H groups in total. The summed E-state index contributed by atoms with van der Waals surface area (Å²) in [7, 11) is 0. The Balaban J connectivity index is 1.56. The first kappa shape index (κ1) is 12.5. The molecule has 2 bridgehead atoms. The summed E-state index contributed by atoms with van der Waals surface area (Å²) in [5.41, 5.74) is 1.22. The van der Waals surface area contributed by atoms with Gasteiger partial charge in [-0.15, -0.1) is 0 Å². The minimum absolute atomic E-state index is 0.622. The van der Waals surface area contributed by atoms with Crippen molar-refractivity contribution < 1.29 is 0 Å². The molecule has 2 heteroatoms. The number of nitrogens with one attached hydrogen (secondary N) is 1. The van der Waals surface area contributed by atoms with Gasteiger partial charge < -0.3 is 5.32 Å². The topological polar surface area (TPSA) is 12.0 Å². The van der Waals surface area contributed by atoms with Gasteiger partial charge in [0.15, 0.2) is 0 Å². The molecule has 0 amide bonds. The van der Waals surface area contributed by atoms with Crippen LogP contribution in [0.5, 0.6) is 0 Å². The van der Waals surface area contributed by atoms with Crippen molar-refractivity contribution in [3.8, 4) is 0 Å². The smallest absolute Gasteiger partial charge is 0.0450 e. The molecular formula is C16H22ClN. The molecule has 18 heavy (non-hydrogen) atoms. The second-order valence-electron chi connectivity index (χ2n) is 6.10. The average Bonchev–Trinajstić information content (AvgIpc) is 2.99. The Kier molecular flexibility index (Phi) is 3.63. The molecule has 1 aromatic carbocycles. The lowest BCUT2D eigenvalue weighted by atomic mass is 9.84. The van der Waals surface area contributed by atoms with Gasteiger partial charge >= 0.3 is 0 Å². The van der Waals surface area contributed by atoms with Gasteiger partial charge in [0.1, 0.15) is 0 Å². The van der Waals surface area contributed by atoms with Crippen LogP contribution in [0, 0.1) is 17.8 Å². The Labute approximate surface area is 115 Å². The van der Waals surface area contributed by atoms with E-state index in [0.717, 1.165) is 29.3 Å². The highest BCUT2D eigenvalue weighted by Crippen LogP contribution is 2.49. The van der Waals surface area contributed by atoms with Crippen LogP contribution in [0.25, 0.3) is 0 Å². The molecule has 0 spiro atoms. The van der Waals surface area contributed by atoms with Crippen LogP contribution < -0.4 is 5.32 Å². The first-order valence-corrected chi connectivity index (χ1v) is 7.58. The van der Waals surface area contributed by atoms with E-state index in [0.29, 0.717) is 6.04 Å². The van der Waals surface area contributed by atoms with Gasteiger partial charge in [-0.25, -0.2) is 0 Å². The van der Waals surface area contributed by atoms with Gasteiger partial charge in [0, 0.05) is 17.6 Å². The summed E-state index contributed by atoms with van der Waals surface area (Å²) in [6.45, 7) is 3.25. The maximum Gasteiger partial charge on any atom is 0.0450 e. The summed E-state index contributed by atoms with van der Waals surface area (Å²) < 4.78 is 0. The highest BCUT2D eigenvalue weighted by Gasteiger charge is 2.41. The molecule has 0 heterocycles. The van der Waals surface area contributed by atoms with Crippen LogP contribution in [0.2, 0.25) is 5.02 Å². The monoisotopic (exact) mass is 263 g/mol. The third-order valence-corrected chi connectivity index (χ3v) is 5.38. The quantitative estimate of drug-likeness (QED) is 0.856. The fourth-order valence-corrected chi connectivity index (χ4v) is 4.17. The standard InChI is InChI=1S/C16H22ClN/c1-11(15-9-12-6-7-13(15)8-12)18-10-14-4-2-3-5-16(14)17/h2-5,11-13,15,18H,6-10H2,1H3/t11-,12+,13+,15+/m0/s1. The van der Waals surface area contributed by atoms with Crippen LogP contribution in [-0.4, -0.2) is 6.04 Å². The molecule has 2 fully saturated rings. The molecule has 1 nitrogen and oxygen atoms in total. The lowest BCUT2D eigenvalue weighted by molar-refractivity contribution is 0.259. The van der Waals surface area contributed by atoms with E-state index in [4.69, 9.17) is 11.6 Å².